The fraction of sp³-hybridized carbons (Fsp3) is 0.0909. The molecular formula is C11H8ClN3S. The van der Waals surface area contributed by atoms with Crippen molar-refractivity contribution in [1.29, 1.82) is 0 Å². The van der Waals surface area contributed by atoms with Gasteiger partial charge < -0.3 is 4.57 Å². The highest BCUT2D eigenvalue weighted by atomic mass is 35.5. The van der Waals surface area contributed by atoms with Crippen molar-refractivity contribution < 1.29 is 0 Å². The molecule has 1 aromatic carbocycles. The van der Waals surface area contributed by atoms with Gasteiger partial charge in [-0.2, -0.15) is 0 Å². The molecule has 3 aromatic rings. The highest BCUT2D eigenvalue weighted by molar-refractivity contribution is 7.15. The first-order chi connectivity index (χ1) is 7.83. The molecule has 2 heterocycles. The van der Waals surface area contributed by atoms with Crippen molar-refractivity contribution in [3.63, 3.8) is 0 Å². The zero-order chi connectivity index (χ0) is 11.0. The molecule has 0 atom stereocenters. The normalized spacial score (nSPS) is 11.1. The van der Waals surface area contributed by atoms with Crippen molar-refractivity contribution in [2.24, 2.45) is 0 Å². The summed E-state index contributed by atoms with van der Waals surface area (Å²) >= 11 is 7.30. The summed E-state index contributed by atoms with van der Waals surface area (Å²) in [5.74, 6) is 0. The monoisotopic (exact) mass is 249 g/mol. The van der Waals surface area contributed by atoms with Crippen LogP contribution in [-0.2, 0) is 6.54 Å². The van der Waals surface area contributed by atoms with Crippen LogP contribution in [0.5, 0.6) is 0 Å². The molecule has 3 nitrogen and oxygen atoms in total. The summed E-state index contributed by atoms with van der Waals surface area (Å²) in [4.78, 5) is 9.50. The Balaban J connectivity index is 2.00. The molecule has 0 bridgehead atoms. The summed E-state index contributed by atoms with van der Waals surface area (Å²) < 4.78 is 2.68. The Morgan fingerprint density at radius 2 is 2.12 bits per heavy atom. The molecule has 80 valence electrons. The summed E-state index contributed by atoms with van der Waals surface area (Å²) in [5.41, 5.74) is 2.14. The number of hydrogen-bond donors (Lipinski definition) is 0. The molecule has 0 amide bonds. The van der Waals surface area contributed by atoms with Gasteiger partial charge in [-0.1, -0.05) is 23.7 Å². The molecule has 0 saturated carbocycles. The van der Waals surface area contributed by atoms with Gasteiger partial charge in [0.25, 0.3) is 0 Å². The second-order valence-corrected chi connectivity index (χ2v) is 5.14. The number of halogens is 1. The lowest BCUT2D eigenvalue weighted by molar-refractivity contribution is 0.836. The van der Waals surface area contributed by atoms with E-state index in [2.05, 4.69) is 20.6 Å². The summed E-state index contributed by atoms with van der Waals surface area (Å²) in [6.07, 6.45) is 3.65. The highest BCUT2D eigenvalue weighted by Gasteiger charge is 2.04. The Morgan fingerprint density at radius 1 is 1.25 bits per heavy atom. The minimum atomic E-state index is 0.583. The van der Waals surface area contributed by atoms with E-state index in [1.165, 1.54) is 11.3 Å². The van der Waals surface area contributed by atoms with Crippen LogP contribution in [0.2, 0.25) is 4.47 Å². The van der Waals surface area contributed by atoms with E-state index in [1.807, 2.05) is 30.7 Å². The van der Waals surface area contributed by atoms with E-state index in [1.54, 1.807) is 0 Å². The van der Waals surface area contributed by atoms with Crippen LogP contribution < -0.4 is 0 Å². The molecule has 0 spiro atoms. The quantitative estimate of drug-likeness (QED) is 0.698. The number of para-hydroxylation sites is 2. The summed E-state index contributed by atoms with van der Waals surface area (Å²) in [6, 6.07) is 8.07. The molecule has 3 rings (SSSR count). The second kappa shape index (κ2) is 3.88. The second-order valence-electron chi connectivity index (χ2n) is 3.44. The van der Waals surface area contributed by atoms with Gasteiger partial charge in [-0.25, -0.2) is 9.97 Å². The number of thiazole rings is 1. The minimum Gasteiger partial charge on any atom is -0.325 e. The van der Waals surface area contributed by atoms with E-state index < -0.39 is 0 Å². The van der Waals surface area contributed by atoms with Crippen molar-refractivity contribution in [1.82, 2.24) is 14.5 Å². The summed E-state index contributed by atoms with van der Waals surface area (Å²) in [6.45, 7) is 0.769. The van der Waals surface area contributed by atoms with Gasteiger partial charge in [0.05, 0.1) is 23.9 Å². The lowest BCUT2D eigenvalue weighted by atomic mass is 10.3. The largest absolute Gasteiger partial charge is 0.325 e. The van der Waals surface area contributed by atoms with Crippen LogP contribution in [0.1, 0.15) is 4.88 Å². The molecule has 0 saturated heterocycles. The van der Waals surface area contributed by atoms with Gasteiger partial charge in [0.1, 0.15) is 0 Å². The topological polar surface area (TPSA) is 30.7 Å². The molecular weight excluding hydrogens is 242 g/mol. The van der Waals surface area contributed by atoms with Crippen LogP contribution in [0.15, 0.2) is 36.8 Å². The first kappa shape index (κ1) is 9.81. The molecule has 0 fully saturated rings. The maximum atomic E-state index is 5.80. The Hall–Kier alpha value is -1.39. The fourth-order valence-electron chi connectivity index (χ4n) is 1.66. The van der Waals surface area contributed by atoms with Crippen LogP contribution in [0.25, 0.3) is 11.0 Å². The van der Waals surface area contributed by atoms with Gasteiger partial charge in [-0.05, 0) is 12.1 Å². The Morgan fingerprint density at radius 3 is 2.94 bits per heavy atom. The van der Waals surface area contributed by atoms with E-state index >= 15 is 0 Å². The zero-order valence-corrected chi connectivity index (χ0v) is 9.87. The van der Waals surface area contributed by atoms with E-state index in [0.717, 1.165) is 22.5 Å². The van der Waals surface area contributed by atoms with Gasteiger partial charge in [0, 0.05) is 11.1 Å². The average Bonchev–Trinajstić information content (AvgIpc) is 2.87. The van der Waals surface area contributed by atoms with Gasteiger partial charge >= 0.3 is 0 Å². The van der Waals surface area contributed by atoms with E-state index in [0.29, 0.717) is 4.47 Å². The maximum Gasteiger partial charge on any atom is 0.183 e. The van der Waals surface area contributed by atoms with E-state index in [4.69, 9.17) is 11.6 Å². The number of fused-ring (bicyclic) bond motifs is 1. The van der Waals surface area contributed by atoms with E-state index in [9.17, 15) is 0 Å². The standard InChI is InChI=1S/C11H8ClN3S/c12-11-13-5-8(16-11)6-15-7-14-9-3-1-2-4-10(9)15/h1-5,7H,6H2. The highest BCUT2D eigenvalue weighted by Crippen LogP contribution is 2.20. The Kier molecular flexibility index (Phi) is 2.38. The van der Waals surface area contributed by atoms with Gasteiger partial charge in [0.2, 0.25) is 0 Å². The van der Waals surface area contributed by atoms with E-state index in [-0.39, 0.29) is 0 Å². The molecule has 0 aliphatic rings. The first-order valence-corrected chi connectivity index (χ1v) is 6.02. The van der Waals surface area contributed by atoms with Crippen LogP contribution in [-0.4, -0.2) is 14.5 Å². The smallest absolute Gasteiger partial charge is 0.183 e. The molecule has 0 unspecified atom stereocenters. The molecule has 0 aliphatic heterocycles. The molecule has 2 aromatic heterocycles. The number of benzene rings is 1. The van der Waals surface area contributed by atoms with Crippen molar-refractivity contribution in [3.05, 3.63) is 46.1 Å². The van der Waals surface area contributed by atoms with Crippen LogP contribution in [0, 0.1) is 0 Å². The van der Waals surface area contributed by atoms with Crippen molar-refractivity contribution in [2.75, 3.05) is 0 Å². The maximum absolute atomic E-state index is 5.80. The third kappa shape index (κ3) is 1.70. The molecule has 16 heavy (non-hydrogen) atoms. The third-order valence-corrected chi connectivity index (χ3v) is 3.48. The van der Waals surface area contributed by atoms with Crippen LogP contribution >= 0.6 is 22.9 Å². The molecule has 5 heteroatoms. The number of imidazole rings is 1. The Bertz CT molecular complexity index is 629. The average molecular weight is 250 g/mol. The number of rotatable bonds is 2. The van der Waals surface area contributed by atoms with Gasteiger partial charge in [-0.15, -0.1) is 11.3 Å². The van der Waals surface area contributed by atoms with Crippen molar-refractivity contribution >= 4 is 34.0 Å². The molecule has 0 aliphatic carbocycles. The predicted octanol–water partition coefficient (Wildman–Crippen LogP) is 3.19. The van der Waals surface area contributed by atoms with Crippen LogP contribution in [0.3, 0.4) is 0 Å². The minimum absolute atomic E-state index is 0.583. The number of nitrogens with zero attached hydrogens (tertiary/aromatic N) is 3. The first-order valence-electron chi connectivity index (χ1n) is 4.83. The van der Waals surface area contributed by atoms with Gasteiger partial charge in [-0.3, -0.25) is 0 Å². The third-order valence-electron chi connectivity index (χ3n) is 2.38. The summed E-state index contributed by atoms with van der Waals surface area (Å²) in [7, 11) is 0. The zero-order valence-electron chi connectivity index (χ0n) is 8.30. The SMILES string of the molecule is Clc1ncc(Cn2cnc3ccccc32)s1. The lowest BCUT2D eigenvalue weighted by Gasteiger charge is -2.00. The summed E-state index contributed by atoms with van der Waals surface area (Å²) in [5, 5.41) is 0. The number of hydrogen-bond acceptors (Lipinski definition) is 3. The fourth-order valence-corrected chi connectivity index (χ4v) is 2.64. The predicted molar refractivity (Wildman–Crippen MR) is 66.0 cm³/mol. The number of aromatic nitrogens is 3. The van der Waals surface area contributed by atoms with Crippen molar-refractivity contribution in [3.8, 4) is 0 Å². The van der Waals surface area contributed by atoms with Crippen molar-refractivity contribution in [2.45, 2.75) is 6.54 Å². The lowest BCUT2D eigenvalue weighted by Crippen LogP contribution is -1.95. The van der Waals surface area contributed by atoms with Crippen LogP contribution in [0.4, 0.5) is 0 Å². The molecule has 0 N–H and O–H groups in total. The van der Waals surface area contributed by atoms with Gasteiger partial charge in [0.15, 0.2) is 4.47 Å². The Labute approximate surface area is 101 Å². The molecule has 0 radical (unpaired) electrons.